The van der Waals surface area contributed by atoms with Crippen LogP contribution in [0.4, 0.5) is 13.2 Å². The van der Waals surface area contributed by atoms with Gasteiger partial charge in [0.1, 0.15) is 23.6 Å². The van der Waals surface area contributed by atoms with Gasteiger partial charge in [0.2, 0.25) is 5.91 Å². The first-order valence-corrected chi connectivity index (χ1v) is 13.6. The Balaban J connectivity index is 2.10. The molecule has 0 unspecified atom stereocenters. The second kappa shape index (κ2) is 8.18. The highest BCUT2D eigenvalue weighted by Crippen LogP contribution is 2.37. The van der Waals surface area contributed by atoms with Crippen LogP contribution < -0.4 is 5.56 Å². The van der Waals surface area contributed by atoms with Gasteiger partial charge in [0.25, 0.3) is 5.56 Å². The predicted octanol–water partition coefficient (Wildman–Crippen LogP) is 3.74. The molecule has 0 bridgehead atoms. The summed E-state index contributed by atoms with van der Waals surface area (Å²) >= 11 is 0. The molecule has 1 saturated heterocycles. The SMILES string of the molecule is CC(=O)N1CCC[C@@H]1c1nc2c(C(F)(F)F)c[nH]c(=O)c2n1COCC[Si](C)(C)C. The molecule has 0 saturated carbocycles. The Labute approximate surface area is 173 Å². The number of aromatic amines is 1. The van der Waals surface area contributed by atoms with Gasteiger partial charge in [0, 0.05) is 34.3 Å². The summed E-state index contributed by atoms with van der Waals surface area (Å²) in [6, 6.07) is 0.387. The van der Waals surface area contributed by atoms with Gasteiger partial charge in [0.05, 0.1) is 11.6 Å². The van der Waals surface area contributed by atoms with Gasteiger partial charge in [-0.15, -0.1) is 0 Å². The fourth-order valence-electron chi connectivity index (χ4n) is 3.71. The summed E-state index contributed by atoms with van der Waals surface area (Å²) in [5.41, 5.74) is -2.27. The first kappa shape index (κ1) is 22.5. The molecule has 166 valence electrons. The smallest absolute Gasteiger partial charge is 0.361 e. The zero-order valence-electron chi connectivity index (χ0n) is 17.6. The minimum Gasteiger partial charge on any atom is -0.361 e. The fourth-order valence-corrected chi connectivity index (χ4v) is 4.47. The highest BCUT2D eigenvalue weighted by Gasteiger charge is 2.38. The van der Waals surface area contributed by atoms with Crippen LogP contribution in [0.3, 0.4) is 0 Å². The molecule has 0 aliphatic carbocycles. The van der Waals surface area contributed by atoms with Crippen LogP contribution in [0.25, 0.3) is 11.0 Å². The molecule has 0 radical (unpaired) electrons. The van der Waals surface area contributed by atoms with Crippen LogP contribution in [-0.2, 0) is 22.4 Å². The van der Waals surface area contributed by atoms with Gasteiger partial charge in [-0.1, -0.05) is 19.6 Å². The standard InChI is InChI=1S/C19H27F3N4O3Si/c1-12(27)25-7-5-6-14(25)17-24-15-13(19(20,21)22)10-23-18(28)16(15)26(17)11-29-8-9-30(2,3)4/h10,14H,5-9,11H2,1-4H3,(H,23,28)/t14-/m1/s1. The Hall–Kier alpha value is -2.14. The second-order valence-electron chi connectivity index (χ2n) is 8.84. The molecule has 1 fully saturated rings. The summed E-state index contributed by atoms with van der Waals surface area (Å²) in [6.07, 6.45) is -2.74. The first-order chi connectivity index (χ1) is 13.9. The number of fused-ring (bicyclic) bond motifs is 1. The average molecular weight is 445 g/mol. The van der Waals surface area contributed by atoms with Gasteiger partial charge in [-0.3, -0.25) is 14.2 Å². The summed E-state index contributed by atoms with van der Waals surface area (Å²) in [5.74, 6) is 0.0774. The maximum absolute atomic E-state index is 13.5. The Bertz CT molecular complexity index is 994. The zero-order valence-corrected chi connectivity index (χ0v) is 18.6. The Morgan fingerprint density at radius 3 is 2.67 bits per heavy atom. The van der Waals surface area contributed by atoms with Gasteiger partial charge in [-0.05, 0) is 18.9 Å². The van der Waals surface area contributed by atoms with E-state index in [-0.39, 0.29) is 24.0 Å². The molecule has 0 spiro atoms. The van der Waals surface area contributed by atoms with Crippen molar-refractivity contribution in [2.75, 3.05) is 13.2 Å². The maximum Gasteiger partial charge on any atom is 0.419 e. The largest absolute Gasteiger partial charge is 0.419 e. The first-order valence-electron chi connectivity index (χ1n) is 9.94. The number of carbonyl (C=O) groups is 1. The topological polar surface area (TPSA) is 80.2 Å². The number of alkyl halides is 3. The average Bonchev–Trinajstić information content (AvgIpc) is 3.22. The molecule has 3 heterocycles. The van der Waals surface area contributed by atoms with Crippen molar-refractivity contribution in [1.29, 1.82) is 0 Å². The van der Waals surface area contributed by atoms with Gasteiger partial charge >= 0.3 is 6.18 Å². The van der Waals surface area contributed by atoms with Crippen molar-refractivity contribution < 1.29 is 22.7 Å². The van der Waals surface area contributed by atoms with Crippen molar-refractivity contribution in [1.82, 2.24) is 19.4 Å². The van der Waals surface area contributed by atoms with E-state index in [0.29, 0.717) is 32.2 Å². The number of carbonyl (C=O) groups excluding carboxylic acids is 1. The van der Waals surface area contributed by atoms with Crippen LogP contribution in [0, 0.1) is 0 Å². The monoisotopic (exact) mass is 444 g/mol. The van der Waals surface area contributed by atoms with Gasteiger partial charge in [0.15, 0.2) is 0 Å². The van der Waals surface area contributed by atoms with Crippen LogP contribution in [0.1, 0.15) is 37.2 Å². The van der Waals surface area contributed by atoms with E-state index in [2.05, 4.69) is 29.6 Å². The maximum atomic E-state index is 13.5. The number of hydrogen-bond donors (Lipinski definition) is 1. The Morgan fingerprint density at radius 1 is 1.37 bits per heavy atom. The summed E-state index contributed by atoms with van der Waals surface area (Å²) in [4.78, 5) is 32.5. The predicted molar refractivity (Wildman–Crippen MR) is 109 cm³/mol. The molecule has 30 heavy (non-hydrogen) atoms. The number of likely N-dealkylation sites (tertiary alicyclic amines) is 1. The molecule has 0 aromatic carbocycles. The number of amides is 1. The van der Waals surface area contributed by atoms with Crippen molar-refractivity contribution in [3.63, 3.8) is 0 Å². The highest BCUT2D eigenvalue weighted by atomic mass is 28.3. The number of nitrogens with zero attached hydrogens (tertiary/aromatic N) is 3. The number of imidazole rings is 1. The van der Waals surface area contributed by atoms with Gasteiger partial charge < -0.3 is 14.6 Å². The summed E-state index contributed by atoms with van der Waals surface area (Å²) in [6.45, 7) is 8.84. The molecular formula is C19H27F3N4O3Si. The third kappa shape index (κ3) is 4.61. The summed E-state index contributed by atoms with van der Waals surface area (Å²) in [7, 11) is -1.36. The number of nitrogens with one attached hydrogen (secondary N) is 1. The number of H-pyrrole nitrogens is 1. The van der Waals surface area contributed by atoms with E-state index in [4.69, 9.17) is 4.74 Å². The molecule has 1 aliphatic heterocycles. The summed E-state index contributed by atoms with van der Waals surface area (Å²) < 4.78 is 47.8. The van der Waals surface area contributed by atoms with E-state index in [1.54, 1.807) is 4.90 Å². The van der Waals surface area contributed by atoms with Crippen LogP contribution in [0.5, 0.6) is 0 Å². The second-order valence-corrected chi connectivity index (χ2v) is 14.5. The fraction of sp³-hybridized carbons (Fsp3) is 0.632. The van der Waals surface area contributed by atoms with Crippen molar-refractivity contribution in [3.05, 3.63) is 27.9 Å². The Kier molecular flexibility index (Phi) is 6.14. The molecule has 1 amide bonds. The number of pyridine rings is 1. The number of aromatic nitrogens is 3. The minimum absolute atomic E-state index is 0.0943. The molecule has 2 aromatic heterocycles. The van der Waals surface area contributed by atoms with Gasteiger partial charge in [-0.2, -0.15) is 13.2 Å². The molecule has 1 atom stereocenters. The lowest BCUT2D eigenvalue weighted by Crippen LogP contribution is -2.30. The van der Waals surface area contributed by atoms with Crippen molar-refractivity contribution >= 4 is 25.0 Å². The number of rotatable bonds is 6. The van der Waals surface area contributed by atoms with E-state index in [1.807, 2.05) is 0 Å². The van der Waals surface area contributed by atoms with Crippen LogP contribution in [0.2, 0.25) is 25.7 Å². The van der Waals surface area contributed by atoms with E-state index in [0.717, 1.165) is 6.04 Å². The third-order valence-electron chi connectivity index (χ3n) is 5.29. The van der Waals surface area contributed by atoms with Crippen molar-refractivity contribution in [3.8, 4) is 0 Å². The minimum atomic E-state index is -4.67. The van der Waals surface area contributed by atoms with Crippen LogP contribution >= 0.6 is 0 Å². The van der Waals surface area contributed by atoms with E-state index in [9.17, 15) is 22.8 Å². The lowest BCUT2D eigenvalue weighted by Gasteiger charge is -2.24. The lowest BCUT2D eigenvalue weighted by molar-refractivity contribution is -0.136. The van der Waals surface area contributed by atoms with E-state index in [1.165, 1.54) is 11.5 Å². The lowest BCUT2D eigenvalue weighted by atomic mass is 10.2. The van der Waals surface area contributed by atoms with Crippen molar-refractivity contribution in [2.24, 2.45) is 0 Å². The van der Waals surface area contributed by atoms with E-state index < -0.39 is 36.9 Å². The molecule has 7 nitrogen and oxygen atoms in total. The normalized spacial score (nSPS) is 17.8. The molecule has 1 aliphatic rings. The molecular weight excluding hydrogens is 417 g/mol. The van der Waals surface area contributed by atoms with Crippen LogP contribution in [0.15, 0.2) is 11.0 Å². The number of halogens is 3. The molecule has 11 heteroatoms. The Morgan fingerprint density at radius 2 is 2.07 bits per heavy atom. The zero-order chi connectivity index (χ0) is 22.3. The van der Waals surface area contributed by atoms with Crippen molar-refractivity contribution in [2.45, 2.75) is 64.4 Å². The number of hydrogen-bond acceptors (Lipinski definition) is 4. The van der Waals surface area contributed by atoms with Gasteiger partial charge in [-0.25, -0.2) is 4.98 Å². The third-order valence-corrected chi connectivity index (χ3v) is 7.00. The molecule has 1 N–H and O–H groups in total. The molecule has 2 aromatic rings. The number of ether oxygens (including phenoxy) is 1. The highest BCUT2D eigenvalue weighted by molar-refractivity contribution is 6.76. The summed E-state index contributed by atoms with van der Waals surface area (Å²) in [5, 5.41) is 0. The van der Waals surface area contributed by atoms with E-state index >= 15 is 0 Å². The molecule has 3 rings (SSSR count). The quantitative estimate of drug-likeness (QED) is 0.544. The van der Waals surface area contributed by atoms with Crippen LogP contribution in [-0.4, -0.2) is 46.6 Å².